The van der Waals surface area contributed by atoms with E-state index in [1.807, 2.05) is 30.3 Å². The number of hydrogen-bond acceptors (Lipinski definition) is 2. The number of carboxylic acid groups (broad SMARTS) is 1. The molecule has 23 heavy (non-hydrogen) atoms. The maximum Gasteiger partial charge on any atom is 0.303 e. The van der Waals surface area contributed by atoms with Crippen LogP contribution >= 0.6 is 0 Å². The molecular weight excluding hydrogens is 286 g/mol. The Hall–Kier alpha value is -2.29. The summed E-state index contributed by atoms with van der Waals surface area (Å²) in [4.78, 5) is 11.1. The summed E-state index contributed by atoms with van der Waals surface area (Å²) < 4.78 is 0. The molecule has 3 N–H and O–H groups in total. The number of hydrogen-bond donors (Lipinski definition) is 2. The summed E-state index contributed by atoms with van der Waals surface area (Å²) in [6, 6.07) is 16.3. The van der Waals surface area contributed by atoms with E-state index in [-0.39, 0.29) is 11.8 Å². The fraction of sp³-hybridized carbons (Fsp3) is 0.350. The van der Waals surface area contributed by atoms with Crippen LogP contribution in [0.2, 0.25) is 0 Å². The molecule has 0 bridgehead atoms. The zero-order chi connectivity index (χ0) is 16.3. The minimum Gasteiger partial charge on any atom is -0.481 e. The SMILES string of the molecule is Nc1ccccc1-c1ccccc1C1(CCC(=O)O)CCCC1. The van der Waals surface area contributed by atoms with Gasteiger partial charge in [-0.25, -0.2) is 0 Å². The van der Waals surface area contributed by atoms with Crippen LogP contribution < -0.4 is 5.73 Å². The summed E-state index contributed by atoms with van der Waals surface area (Å²) >= 11 is 0. The molecule has 1 aliphatic carbocycles. The van der Waals surface area contributed by atoms with Crippen LogP contribution in [-0.4, -0.2) is 11.1 Å². The van der Waals surface area contributed by atoms with Gasteiger partial charge in [0.05, 0.1) is 0 Å². The first-order valence-electron chi connectivity index (χ1n) is 8.29. The molecular formula is C20H23NO2. The van der Waals surface area contributed by atoms with Gasteiger partial charge in [0.1, 0.15) is 0 Å². The third-order valence-electron chi connectivity index (χ3n) is 5.13. The van der Waals surface area contributed by atoms with Crippen molar-refractivity contribution >= 4 is 11.7 Å². The molecule has 0 aromatic heterocycles. The topological polar surface area (TPSA) is 63.3 Å². The molecule has 3 rings (SSSR count). The van der Waals surface area contributed by atoms with Crippen molar-refractivity contribution in [1.82, 2.24) is 0 Å². The van der Waals surface area contributed by atoms with Gasteiger partial charge in [0.25, 0.3) is 0 Å². The number of carboxylic acids is 1. The van der Waals surface area contributed by atoms with E-state index in [9.17, 15) is 4.79 Å². The van der Waals surface area contributed by atoms with Crippen molar-refractivity contribution in [2.24, 2.45) is 0 Å². The Morgan fingerprint density at radius 2 is 1.61 bits per heavy atom. The molecule has 1 saturated carbocycles. The predicted octanol–water partition coefficient (Wildman–Crippen LogP) is 4.61. The Labute approximate surface area is 137 Å². The van der Waals surface area contributed by atoms with Gasteiger partial charge in [-0.15, -0.1) is 0 Å². The number of nitrogens with two attached hydrogens (primary N) is 1. The summed E-state index contributed by atoms with van der Waals surface area (Å²) in [6.45, 7) is 0. The van der Waals surface area contributed by atoms with Crippen LogP contribution in [0.1, 0.15) is 44.1 Å². The molecule has 1 aliphatic rings. The monoisotopic (exact) mass is 309 g/mol. The molecule has 3 nitrogen and oxygen atoms in total. The second-order valence-corrected chi connectivity index (χ2v) is 6.51. The van der Waals surface area contributed by atoms with Crippen molar-refractivity contribution in [3.8, 4) is 11.1 Å². The first kappa shape index (κ1) is 15.6. The second-order valence-electron chi connectivity index (χ2n) is 6.51. The number of aliphatic carboxylic acids is 1. The van der Waals surface area contributed by atoms with Crippen molar-refractivity contribution in [2.75, 3.05) is 5.73 Å². The van der Waals surface area contributed by atoms with Gasteiger partial charge in [-0.1, -0.05) is 55.3 Å². The average molecular weight is 309 g/mol. The predicted molar refractivity (Wildman–Crippen MR) is 93.3 cm³/mol. The molecule has 1 fully saturated rings. The number of carbonyl (C=O) groups is 1. The van der Waals surface area contributed by atoms with Crippen molar-refractivity contribution < 1.29 is 9.90 Å². The zero-order valence-electron chi connectivity index (χ0n) is 13.3. The summed E-state index contributed by atoms with van der Waals surface area (Å²) in [5.41, 5.74) is 10.4. The number of benzene rings is 2. The Morgan fingerprint density at radius 1 is 1.00 bits per heavy atom. The third-order valence-corrected chi connectivity index (χ3v) is 5.13. The van der Waals surface area contributed by atoms with Gasteiger partial charge in [0.2, 0.25) is 0 Å². The van der Waals surface area contributed by atoms with Crippen LogP contribution in [-0.2, 0) is 10.2 Å². The molecule has 2 aromatic carbocycles. The van der Waals surface area contributed by atoms with Gasteiger partial charge >= 0.3 is 5.97 Å². The smallest absolute Gasteiger partial charge is 0.303 e. The van der Waals surface area contributed by atoms with Crippen molar-refractivity contribution in [3.63, 3.8) is 0 Å². The Balaban J connectivity index is 2.08. The number of rotatable bonds is 5. The molecule has 0 amide bonds. The highest BCUT2D eigenvalue weighted by Gasteiger charge is 2.37. The molecule has 0 spiro atoms. The van der Waals surface area contributed by atoms with E-state index in [0.717, 1.165) is 42.5 Å². The van der Waals surface area contributed by atoms with E-state index in [0.29, 0.717) is 6.42 Å². The summed E-state index contributed by atoms with van der Waals surface area (Å²) in [5.74, 6) is -0.715. The quantitative estimate of drug-likeness (QED) is 0.793. The first-order chi connectivity index (χ1) is 11.1. The highest BCUT2D eigenvalue weighted by Crippen LogP contribution is 2.48. The third kappa shape index (κ3) is 3.09. The van der Waals surface area contributed by atoms with Gasteiger partial charge in [0, 0.05) is 17.7 Å². The van der Waals surface area contributed by atoms with Gasteiger partial charge in [-0.05, 0) is 41.9 Å². The summed E-state index contributed by atoms with van der Waals surface area (Å²) in [7, 11) is 0. The summed E-state index contributed by atoms with van der Waals surface area (Å²) in [6.07, 6.45) is 5.37. The van der Waals surface area contributed by atoms with E-state index in [1.54, 1.807) is 0 Å². The first-order valence-corrected chi connectivity index (χ1v) is 8.29. The van der Waals surface area contributed by atoms with E-state index >= 15 is 0 Å². The Morgan fingerprint density at radius 3 is 2.26 bits per heavy atom. The molecule has 0 atom stereocenters. The zero-order valence-corrected chi connectivity index (χ0v) is 13.3. The minimum absolute atomic E-state index is 0.0305. The number of nitrogen functional groups attached to an aromatic ring is 1. The molecule has 0 radical (unpaired) electrons. The number of para-hydroxylation sites is 1. The standard InChI is InChI=1S/C20H23NO2/c21-18-10-4-2-8-16(18)15-7-1-3-9-17(15)20(12-5-6-13-20)14-11-19(22)23/h1-4,7-10H,5-6,11-14,21H2,(H,22,23). The lowest BCUT2D eigenvalue weighted by Gasteiger charge is -2.32. The van der Waals surface area contributed by atoms with Crippen molar-refractivity contribution in [2.45, 2.75) is 43.9 Å². The van der Waals surface area contributed by atoms with E-state index in [4.69, 9.17) is 10.8 Å². The second kappa shape index (κ2) is 6.45. The largest absolute Gasteiger partial charge is 0.481 e. The Kier molecular flexibility index (Phi) is 4.37. The van der Waals surface area contributed by atoms with Crippen LogP contribution in [0.3, 0.4) is 0 Å². The molecule has 2 aromatic rings. The molecule has 0 heterocycles. The fourth-order valence-corrected chi connectivity index (χ4v) is 3.97. The normalized spacial score (nSPS) is 16.3. The molecule has 0 saturated heterocycles. The highest BCUT2D eigenvalue weighted by atomic mass is 16.4. The van der Waals surface area contributed by atoms with Crippen LogP contribution in [0, 0.1) is 0 Å². The Bertz CT molecular complexity index is 702. The van der Waals surface area contributed by atoms with Crippen LogP contribution in [0.25, 0.3) is 11.1 Å². The number of anilines is 1. The lowest BCUT2D eigenvalue weighted by atomic mass is 9.72. The highest BCUT2D eigenvalue weighted by molar-refractivity contribution is 5.79. The summed E-state index contributed by atoms with van der Waals surface area (Å²) in [5, 5.41) is 9.15. The van der Waals surface area contributed by atoms with E-state index < -0.39 is 5.97 Å². The molecule has 3 heteroatoms. The van der Waals surface area contributed by atoms with Crippen LogP contribution in [0.5, 0.6) is 0 Å². The van der Waals surface area contributed by atoms with Gasteiger partial charge in [-0.2, -0.15) is 0 Å². The van der Waals surface area contributed by atoms with Crippen LogP contribution in [0.4, 0.5) is 5.69 Å². The minimum atomic E-state index is -0.715. The molecule has 120 valence electrons. The van der Waals surface area contributed by atoms with Crippen LogP contribution in [0.15, 0.2) is 48.5 Å². The maximum atomic E-state index is 11.1. The van der Waals surface area contributed by atoms with E-state index in [1.165, 1.54) is 5.56 Å². The van der Waals surface area contributed by atoms with Gasteiger partial charge in [0.15, 0.2) is 0 Å². The lowest BCUT2D eigenvalue weighted by Crippen LogP contribution is -2.24. The van der Waals surface area contributed by atoms with E-state index in [2.05, 4.69) is 18.2 Å². The molecule has 0 unspecified atom stereocenters. The lowest BCUT2D eigenvalue weighted by molar-refractivity contribution is -0.137. The van der Waals surface area contributed by atoms with Gasteiger partial charge in [-0.3, -0.25) is 4.79 Å². The van der Waals surface area contributed by atoms with Crippen molar-refractivity contribution in [3.05, 3.63) is 54.1 Å². The van der Waals surface area contributed by atoms with Gasteiger partial charge < -0.3 is 10.8 Å². The van der Waals surface area contributed by atoms with Crippen molar-refractivity contribution in [1.29, 1.82) is 0 Å². The maximum absolute atomic E-state index is 11.1. The fourth-order valence-electron chi connectivity index (χ4n) is 3.97. The molecule has 0 aliphatic heterocycles. The average Bonchev–Trinajstić information content (AvgIpc) is 3.04.